The van der Waals surface area contributed by atoms with Crippen molar-refractivity contribution in [1.29, 1.82) is 0 Å². The summed E-state index contributed by atoms with van der Waals surface area (Å²) in [6.07, 6.45) is 1.51. The highest BCUT2D eigenvalue weighted by atomic mass is 32.2. The zero-order valence-corrected chi connectivity index (χ0v) is 12.1. The molecule has 6 heteroatoms. The minimum absolute atomic E-state index is 0.0300. The van der Waals surface area contributed by atoms with Crippen molar-refractivity contribution in [3.8, 4) is 11.5 Å². The standard InChI is InChI=1S/C14H15NO4S/c1-3-15-13(17)11(20-14(15)18)8-9-6-5-7-10(12(9)16)19-4-2/h5-8,16H,3-4H2,1-2H3/b11-8-. The molecule has 1 aromatic rings. The maximum atomic E-state index is 12.0. The molecular formula is C14H15NO4S. The first-order valence-corrected chi connectivity index (χ1v) is 7.10. The quantitative estimate of drug-likeness (QED) is 0.865. The topological polar surface area (TPSA) is 66.8 Å². The molecule has 0 atom stereocenters. The maximum Gasteiger partial charge on any atom is 0.293 e. The monoisotopic (exact) mass is 293 g/mol. The first-order valence-electron chi connectivity index (χ1n) is 6.28. The van der Waals surface area contributed by atoms with Gasteiger partial charge in [-0.1, -0.05) is 12.1 Å². The number of phenolic OH excluding ortho intramolecular Hbond substituents is 1. The molecule has 1 aliphatic heterocycles. The maximum absolute atomic E-state index is 12.0. The molecule has 20 heavy (non-hydrogen) atoms. The van der Waals surface area contributed by atoms with Crippen molar-refractivity contribution in [3.63, 3.8) is 0 Å². The van der Waals surface area contributed by atoms with Gasteiger partial charge in [-0.25, -0.2) is 0 Å². The first-order chi connectivity index (χ1) is 9.58. The number of imide groups is 1. The fourth-order valence-electron chi connectivity index (χ4n) is 1.84. The van der Waals surface area contributed by atoms with Crippen LogP contribution >= 0.6 is 11.8 Å². The van der Waals surface area contributed by atoms with Crippen molar-refractivity contribution in [2.75, 3.05) is 13.2 Å². The molecule has 1 heterocycles. The van der Waals surface area contributed by atoms with Crippen LogP contribution in [0.2, 0.25) is 0 Å². The number of carbonyl (C=O) groups excluding carboxylic acids is 2. The number of amides is 2. The van der Waals surface area contributed by atoms with Crippen LogP contribution in [0.25, 0.3) is 6.08 Å². The molecule has 1 fully saturated rings. The number of ether oxygens (including phenoxy) is 1. The number of likely N-dealkylation sites (N-methyl/N-ethyl adjacent to an activating group) is 1. The highest BCUT2D eigenvalue weighted by molar-refractivity contribution is 8.18. The van der Waals surface area contributed by atoms with Gasteiger partial charge in [-0.05, 0) is 37.8 Å². The lowest BCUT2D eigenvalue weighted by molar-refractivity contribution is -0.122. The average Bonchev–Trinajstić information content (AvgIpc) is 2.69. The minimum atomic E-state index is -0.330. The molecule has 5 nitrogen and oxygen atoms in total. The Morgan fingerprint density at radius 1 is 1.35 bits per heavy atom. The number of aromatic hydroxyl groups is 1. The molecule has 1 saturated heterocycles. The van der Waals surface area contributed by atoms with Crippen molar-refractivity contribution in [2.45, 2.75) is 13.8 Å². The Balaban J connectivity index is 2.34. The SMILES string of the molecule is CCOc1cccc(/C=C2\SC(=O)N(CC)C2=O)c1O. The Kier molecular flexibility index (Phi) is 4.34. The molecule has 0 aromatic heterocycles. The number of carbonyl (C=O) groups is 2. The van der Waals surface area contributed by atoms with Gasteiger partial charge < -0.3 is 9.84 Å². The molecule has 0 unspecified atom stereocenters. The number of benzene rings is 1. The Bertz CT molecular complexity index is 583. The lowest BCUT2D eigenvalue weighted by Gasteiger charge is -2.08. The van der Waals surface area contributed by atoms with E-state index in [1.165, 1.54) is 11.0 Å². The van der Waals surface area contributed by atoms with E-state index < -0.39 is 0 Å². The fraction of sp³-hybridized carbons (Fsp3) is 0.286. The van der Waals surface area contributed by atoms with Crippen LogP contribution in [0.3, 0.4) is 0 Å². The molecule has 2 rings (SSSR count). The molecule has 1 N–H and O–H groups in total. The molecule has 106 valence electrons. The number of hydrogen-bond donors (Lipinski definition) is 1. The highest BCUT2D eigenvalue weighted by Crippen LogP contribution is 2.36. The summed E-state index contributed by atoms with van der Waals surface area (Å²) >= 11 is 0.876. The van der Waals surface area contributed by atoms with Gasteiger partial charge in [0.2, 0.25) is 0 Å². The number of nitrogens with zero attached hydrogens (tertiary/aromatic N) is 1. The molecule has 2 amide bonds. The summed E-state index contributed by atoms with van der Waals surface area (Å²) < 4.78 is 5.28. The molecule has 1 aromatic carbocycles. The van der Waals surface area contributed by atoms with Gasteiger partial charge in [-0.2, -0.15) is 0 Å². The van der Waals surface area contributed by atoms with Gasteiger partial charge in [-0.3, -0.25) is 14.5 Å². The van der Waals surface area contributed by atoms with Crippen LogP contribution in [-0.2, 0) is 4.79 Å². The minimum Gasteiger partial charge on any atom is -0.504 e. The van der Waals surface area contributed by atoms with E-state index in [2.05, 4.69) is 0 Å². The number of rotatable bonds is 4. The summed E-state index contributed by atoms with van der Waals surface area (Å²) in [5.41, 5.74) is 0.456. The van der Waals surface area contributed by atoms with Crippen LogP contribution in [0.15, 0.2) is 23.1 Å². The number of thioether (sulfide) groups is 1. The lowest BCUT2D eigenvalue weighted by Crippen LogP contribution is -2.27. The van der Waals surface area contributed by atoms with Gasteiger partial charge in [0, 0.05) is 12.1 Å². The molecule has 0 bridgehead atoms. The summed E-state index contributed by atoms with van der Waals surface area (Å²) in [5.74, 6) is -0.00247. The predicted octanol–water partition coefficient (Wildman–Crippen LogP) is 2.85. The van der Waals surface area contributed by atoms with Crippen LogP contribution in [-0.4, -0.2) is 34.3 Å². The lowest BCUT2D eigenvalue weighted by atomic mass is 10.1. The normalized spacial score (nSPS) is 17.1. The van der Waals surface area contributed by atoms with Crippen molar-refractivity contribution in [2.24, 2.45) is 0 Å². The van der Waals surface area contributed by atoms with E-state index in [0.717, 1.165) is 11.8 Å². The van der Waals surface area contributed by atoms with E-state index in [1.54, 1.807) is 25.1 Å². The van der Waals surface area contributed by atoms with Crippen LogP contribution in [0.5, 0.6) is 11.5 Å². The summed E-state index contributed by atoms with van der Waals surface area (Å²) in [7, 11) is 0. The van der Waals surface area contributed by atoms with Gasteiger partial charge in [0.25, 0.3) is 11.1 Å². The second-order valence-electron chi connectivity index (χ2n) is 4.05. The Morgan fingerprint density at radius 3 is 2.70 bits per heavy atom. The third kappa shape index (κ3) is 2.65. The molecular weight excluding hydrogens is 278 g/mol. The Morgan fingerprint density at radius 2 is 2.10 bits per heavy atom. The van der Waals surface area contributed by atoms with Crippen molar-refractivity contribution >= 4 is 29.0 Å². The van der Waals surface area contributed by atoms with Crippen LogP contribution in [0.1, 0.15) is 19.4 Å². The number of para-hydroxylation sites is 1. The van der Waals surface area contributed by atoms with Crippen LogP contribution in [0.4, 0.5) is 4.79 Å². The van der Waals surface area contributed by atoms with E-state index in [1.807, 2.05) is 6.92 Å². The third-order valence-corrected chi connectivity index (χ3v) is 3.71. The predicted molar refractivity (Wildman–Crippen MR) is 77.6 cm³/mol. The Hall–Kier alpha value is -1.95. The fourth-order valence-corrected chi connectivity index (χ4v) is 2.74. The van der Waals surface area contributed by atoms with E-state index in [4.69, 9.17) is 4.74 Å². The summed E-state index contributed by atoms with van der Waals surface area (Å²) in [6, 6.07) is 5.03. The third-order valence-electron chi connectivity index (χ3n) is 2.81. The molecule has 1 aliphatic rings. The molecule has 0 aliphatic carbocycles. The smallest absolute Gasteiger partial charge is 0.293 e. The van der Waals surface area contributed by atoms with E-state index in [0.29, 0.717) is 29.4 Å². The summed E-state index contributed by atoms with van der Waals surface area (Å²) in [4.78, 5) is 25.1. The van der Waals surface area contributed by atoms with Crippen LogP contribution in [0, 0.1) is 0 Å². The molecule has 0 spiro atoms. The second-order valence-corrected chi connectivity index (χ2v) is 5.05. The van der Waals surface area contributed by atoms with Crippen molar-refractivity contribution in [3.05, 3.63) is 28.7 Å². The summed E-state index contributed by atoms with van der Waals surface area (Å²) in [5, 5.41) is 9.78. The summed E-state index contributed by atoms with van der Waals surface area (Å²) in [6.45, 7) is 4.33. The first kappa shape index (κ1) is 14.5. The van der Waals surface area contributed by atoms with E-state index in [-0.39, 0.29) is 16.9 Å². The Labute approximate surface area is 121 Å². The van der Waals surface area contributed by atoms with Gasteiger partial charge in [-0.15, -0.1) is 0 Å². The molecule has 0 saturated carbocycles. The zero-order valence-electron chi connectivity index (χ0n) is 11.3. The van der Waals surface area contributed by atoms with E-state index in [9.17, 15) is 14.7 Å². The van der Waals surface area contributed by atoms with Crippen LogP contribution < -0.4 is 4.74 Å². The number of phenols is 1. The highest BCUT2D eigenvalue weighted by Gasteiger charge is 2.33. The van der Waals surface area contributed by atoms with Crippen molar-refractivity contribution < 1.29 is 19.4 Å². The van der Waals surface area contributed by atoms with E-state index >= 15 is 0 Å². The number of hydrogen-bond acceptors (Lipinski definition) is 5. The van der Waals surface area contributed by atoms with Gasteiger partial charge >= 0.3 is 0 Å². The van der Waals surface area contributed by atoms with Crippen molar-refractivity contribution in [1.82, 2.24) is 4.90 Å². The molecule has 0 radical (unpaired) electrons. The average molecular weight is 293 g/mol. The second kappa shape index (κ2) is 6.00. The largest absolute Gasteiger partial charge is 0.504 e. The zero-order chi connectivity index (χ0) is 14.7. The van der Waals surface area contributed by atoms with Gasteiger partial charge in [0.05, 0.1) is 11.5 Å². The van der Waals surface area contributed by atoms with Gasteiger partial charge in [0.1, 0.15) is 0 Å². The van der Waals surface area contributed by atoms with Gasteiger partial charge in [0.15, 0.2) is 11.5 Å².